The number of imidazole rings is 1. The second-order valence-electron chi connectivity index (χ2n) is 8.54. The molecule has 1 saturated heterocycles. The van der Waals surface area contributed by atoms with E-state index in [9.17, 15) is 18.4 Å². The molecule has 3 aromatic rings. The quantitative estimate of drug-likeness (QED) is 0.340. The number of fused-ring (bicyclic) bond motifs is 2. The van der Waals surface area contributed by atoms with Crippen molar-refractivity contribution in [1.29, 1.82) is 0 Å². The van der Waals surface area contributed by atoms with Gasteiger partial charge in [-0.1, -0.05) is 6.08 Å². The highest BCUT2D eigenvalue weighted by molar-refractivity contribution is 7.09. The summed E-state index contributed by atoms with van der Waals surface area (Å²) in [5, 5.41) is 0. The Labute approximate surface area is 231 Å². The first kappa shape index (κ1) is 31.7. The average molecular weight is 563 g/mol. The van der Waals surface area contributed by atoms with Gasteiger partial charge in [-0.05, 0) is 64.6 Å². The molecule has 0 saturated carbocycles. The molecular weight excluding hydrogens is 526 g/mol. The molecule has 1 amide bonds. The Morgan fingerprint density at radius 2 is 1.97 bits per heavy atom. The number of piperidine rings is 1. The number of rotatable bonds is 3. The molecule has 0 spiro atoms. The van der Waals surface area contributed by atoms with Gasteiger partial charge >= 0.3 is 11.8 Å². The van der Waals surface area contributed by atoms with Crippen LogP contribution in [0.5, 0.6) is 0 Å². The zero-order chi connectivity index (χ0) is 28.8. The number of halogens is 2. The number of nitrogens with two attached hydrogens (primary N) is 1. The monoisotopic (exact) mass is 562 g/mol. The zero-order valence-electron chi connectivity index (χ0n) is 22.3. The highest BCUT2D eigenvalue weighted by atomic mass is 32.1. The topological polar surface area (TPSA) is 119 Å². The van der Waals surface area contributed by atoms with Gasteiger partial charge in [-0.15, -0.1) is 24.2 Å². The summed E-state index contributed by atoms with van der Waals surface area (Å²) in [6, 6.07) is 3.78. The molecule has 1 aliphatic heterocycles. The van der Waals surface area contributed by atoms with E-state index in [0.29, 0.717) is 31.6 Å². The predicted octanol–water partition coefficient (Wildman–Crippen LogP) is 5.08. The summed E-state index contributed by atoms with van der Waals surface area (Å²) in [6.45, 7) is 1.62. The van der Waals surface area contributed by atoms with E-state index in [1.807, 2.05) is 17.6 Å². The van der Waals surface area contributed by atoms with Crippen LogP contribution >= 0.6 is 11.3 Å². The van der Waals surface area contributed by atoms with E-state index in [2.05, 4.69) is 33.5 Å². The maximum absolute atomic E-state index is 12.8. The molecule has 2 aliphatic rings. The third kappa shape index (κ3) is 8.21. The number of pyridine rings is 1. The molecule has 9 nitrogen and oxygen atoms in total. The lowest BCUT2D eigenvalue weighted by atomic mass is 10.1. The highest BCUT2D eigenvalue weighted by Crippen LogP contribution is 2.33. The molecule has 3 aromatic heterocycles. The van der Waals surface area contributed by atoms with E-state index in [1.165, 1.54) is 18.8 Å². The Bertz CT molecular complexity index is 1280. The SMILES string of the molecule is C#C.C/C=C(/F)CF.CN.O=C(O[C@@H]1CCCCc2scnc21)N1CCC(n2c(=O)[nH]c3ncccc32)CC1. The van der Waals surface area contributed by atoms with Crippen LogP contribution in [0, 0.1) is 12.8 Å². The van der Waals surface area contributed by atoms with Crippen LogP contribution in [0.15, 0.2) is 40.5 Å². The van der Waals surface area contributed by atoms with E-state index in [-0.39, 0.29) is 23.9 Å². The molecule has 4 heterocycles. The number of hydrogen-bond donors (Lipinski definition) is 2. The molecule has 39 heavy (non-hydrogen) atoms. The van der Waals surface area contributed by atoms with E-state index in [0.717, 1.165) is 43.0 Å². The number of nitrogens with zero attached hydrogens (tertiary/aromatic N) is 4. The van der Waals surface area contributed by atoms with Gasteiger partial charge in [0.25, 0.3) is 0 Å². The van der Waals surface area contributed by atoms with E-state index in [1.54, 1.807) is 27.0 Å². The lowest BCUT2D eigenvalue weighted by Gasteiger charge is -2.32. The molecule has 0 bridgehead atoms. The number of likely N-dealkylation sites (tertiary alicyclic amines) is 1. The van der Waals surface area contributed by atoms with Gasteiger partial charge in [-0.25, -0.2) is 28.3 Å². The number of nitrogens with one attached hydrogen (secondary N) is 1. The standard InChI is InChI=1S/C20H23N5O3S.C4H6F2.C2H2.CH5N/c26-19-23-18-14(4-3-9-21-18)25(19)13-7-10-24(11-8-13)20(27)28-15-5-1-2-6-16-17(15)22-12-29-16;1-2-4(6)3-5;2*1-2/h3-4,9,12-13,15H,1-2,5-8,10-11H2,(H,21,23,26);2H,3H2,1H3;1-2H;2H2,1H3/b;4-2+;;/t15-;;;/m1.../s1. The minimum absolute atomic E-state index is 0.0486. The number of hydrogen-bond acceptors (Lipinski definition) is 7. The molecule has 5 rings (SSSR count). The Morgan fingerprint density at radius 1 is 1.26 bits per heavy atom. The van der Waals surface area contributed by atoms with Crippen LogP contribution in [0.1, 0.15) is 61.7 Å². The normalized spacial score (nSPS) is 17.3. The van der Waals surface area contributed by atoms with Crippen molar-refractivity contribution in [2.75, 3.05) is 26.8 Å². The van der Waals surface area contributed by atoms with E-state index in [4.69, 9.17) is 4.74 Å². The van der Waals surface area contributed by atoms with Crippen LogP contribution in [0.2, 0.25) is 0 Å². The summed E-state index contributed by atoms with van der Waals surface area (Å²) in [6.07, 6.45) is 15.7. The van der Waals surface area contributed by atoms with Crippen molar-refractivity contribution < 1.29 is 18.3 Å². The van der Waals surface area contributed by atoms with Crippen LogP contribution in [0.4, 0.5) is 13.6 Å². The van der Waals surface area contributed by atoms with Gasteiger partial charge in [-0.3, -0.25) is 9.55 Å². The molecule has 212 valence electrons. The summed E-state index contributed by atoms with van der Waals surface area (Å²) in [5.74, 6) is -0.699. The fourth-order valence-corrected chi connectivity index (χ4v) is 5.36. The maximum atomic E-state index is 12.8. The predicted molar refractivity (Wildman–Crippen MR) is 150 cm³/mol. The van der Waals surface area contributed by atoms with Crippen molar-refractivity contribution >= 4 is 28.6 Å². The van der Waals surface area contributed by atoms with Gasteiger partial charge in [0.2, 0.25) is 0 Å². The van der Waals surface area contributed by atoms with E-state index < -0.39 is 12.5 Å². The van der Waals surface area contributed by atoms with Crippen molar-refractivity contribution in [2.24, 2.45) is 5.73 Å². The summed E-state index contributed by atoms with van der Waals surface area (Å²) < 4.78 is 29.9. The Hall–Kier alpha value is -3.56. The van der Waals surface area contributed by atoms with Crippen LogP contribution in [-0.2, 0) is 11.2 Å². The van der Waals surface area contributed by atoms with Gasteiger partial charge in [0, 0.05) is 30.2 Å². The number of terminal acetylenes is 1. The third-order valence-electron chi connectivity index (χ3n) is 6.36. The number of H-pyrrole nitrogens is 1. The van der Waals surface area contributed by atoms with E-state index >= 15 is 0 Å². The highest BCUT2D eigenvalue weighted by Gasteiger charge is 2.30. The fraction of sp³-hybridized carbons (Fsp3) is 0.481. The summed E-state index contributed by atoms with van der Waals surface area (Å²) in [5.41, 5.74) is 8.55. The number of carbonyl (C=O) groups is 1. The van der Waals surface area contributed by atoms with Gasteiger partial charge in [0.05, 0.1) is 16.7 Å². The smallest absolute Gasteiger partial charge is 0.410 e. The number of amides is 1. The second-order valence-corrected chi connectivity index (χ2v) is 9.48. The number of thiazole rings is 1. The molecule has 3 N–H and O–H groups in total. The minimum atomic E-state index is -0.976. The van der Waals surface area contributed by atoms with Crippen LogP contribution in [0.3, 0.4) is 0 Å². The lowest BCUT2D eigenvalue weighted by molar-refractivity contribution is 0.0479. The van der Waals surface area contributed by atoms with Crippen molar-refractivity contribution in [3.8, 4) is 12.8 Å². The maximum Gasteiger partial charge on any atom is 0.410 e. The molecular formula is C27H36F2N6O3S. The third-order valence-corrected chi connectivity index (χ3v) is 7.27. The first-order chi connectivity index (χ1) is 19.0. The number of allylic oxidation sites excluding steroid dienone is 2. The first-order valence-corrected chi connectivity index (χ1v) is 13.6. The molecule has 0 unspecified atom stereocenters. The van der Waals surface area contributed by atoms with Crippen molar-refractivity contribution in [2.45, 2.75) is 57.6 Å². The summed E-state index contributed by atoms with van der Waals surface area (Å²) in [7, 11) is 1.50. The molecule has 1 fully saturated rings. The molecule has 1 aliphatic carbocycles. The zero-order valence-corrected chi connectivity index (χ0v) is 23.1. The molecule has 0 radical (unpaired) electrons. The molecule has 12 heteroatoms. The van der Waals surface area contributed by atoms with Crippen LogP contribution in [0.25, 0.3) is 11.2 Å². The second kappa shape index (κ2) is 16.4. The molecule has 0 aromatic carbocycles. The average Bonchev–Trinajstić information content (AvgIpc) is 3.54. The number of ether oxygens (including phenoxy) is 1. The van der Waals surface area contributed by atoms with Crippen molar-refractivity contribution in [3.63, 3.8) is 0 Å². The summed E-state index contributed by atoms with van der Waals surface area (Å²) >= 11 is 1.65. The first-order valence-electron chi connectivity index (χ1n) is 12.7. The van der Waals surface area contributed by atoms with Gasteiger partial charge < -0.3 is 15.4 Å². The summed E-state index contributed by atoms with van der Waals surface area (Å²) in [4.78, 5) is 39.7. The largest absolute Gasteiger partial charge is 0.440 e. The number of alkyl halides is 1. The van der Waals surface area contributed by atoms with Gasteiger partial charge in [0.1, 0.15) is 18.6 Å². The van der Waals surface area contributed by atoms with Crippen molar-refractivity contribution in [1.82, 2.24) is 24.4 Å². The van der Waals surface area contributed by atoms with Crippen molar-refractivity contribution in [3.05, 3.63) is 56.8 Å². The lowest BCUT2D eigenvalue weighted by Crippen LogP contribution is -2.41. The van der Waals surface area contributed by atoms with Gasteiger partial charge in [0.15, 0.2) is 5.65 Å². The Morgan fingerprint density at radius 3 is 2.62 bits per heavy atom. The number of aromatic amines is 1. The number of aryl methyl sites for hydroxylation is 1. The Kier molecular flexibility index (Phi) is 13.3. The minimum Gasteiger partial charge on any atom is -0.440 e. The Balaban J connectivity index is 0.000000467. The van der Waals surface area contributed by atoms with Gasteiger partial charge in [-0.2, -0.15) is 0 Å². The number of aromatic nitrogens is 4. The van der Waals surface area contributed by atoms with Crippen LogP contribution < -0.4 is 11.4 Å². The fourth-order valence-electron chi connectivity index (χ4n) is 4.50. The molecule has 1 atom stereocenters. The van der Waals surface area contributed by atoms with Crippen LogP contribution in [-0.4, -0.2) is 57.3 Å². The number of carbonyl (C=O) groups excluding carboxylic acids is 1.